The molecule has 7 nitrogen and oxygen atoms in total. The summed E-state index contributed by atoms with van der Waals surface area (Å²) in [4.78, 5) is 9.46. The second kappa shape index (κ2) is 8.06. The number of rotatable bonds is 3. The van der Waals surface area contributed by atoms with Crippen molar-refractivity contribution >= 4 is 16.6 Å². The number of hydrogen-bond acceptors (Lipinski definition) is 7. The molecule has 4 heterocycles. The zero-order valence-electron chi connectivity index (χ0n) is 18.3. The summed E-state index contributed by atoms with van der Waals surface area (Å²) in [7, 11) is 0. The number of aromatic nitrogens is 1. The normalized spacial score (nSPS) is 20.4. The summed E-state index contributed by atoms with van der Waals surface area (Å²) in [6.45, 7) is 8.44. The first kappa shape index (κ1) is 19.5. The molecule has 0 unspecified atom stereocenters. The topological polar surface area (TPSA) is 56.3 Å². The lowest BCUT2D eigenvalue weighted by Gasteiger charge is -2.39. The van der Waals surface area contributed by atoms with Gasteiger partial charge in [0.15, 0.2) is 23.0 Å². The number of piperazine rings is 1. The zero-order valence-corrected chi connectivity index (χ0v) is 18.3. The highest BCUT2D eigenvalue weighted by Crippen LogP contribution is 2.40. The Kier molecular flexibility index (Phi) is 4.91. The molecule has 1 atom stereocenters. The van der Waals surface area contributed by atoms with Gasteiger partial charge >= 0.3 is 0 Å². The molecule has 6 rings (SSSR count). The lowest BCUT2D eigenvalue weighted by molar-refractivity contribution is 0.0586. The molecular formula is C25H27N3O4. The minimum Gasteiger partial charge on any atom is -0.486 e. The second-order valence-electron chi connectivity index (χ2n) is 8.55. The minimum atomic E-state index is 0.00201. The second-order valence-corrected chi connectivity index (χ2v) is 8.55. The van der Waals surface area contributed by atoms with E-state index in [4.69, 9.17) is 18.9 Å². The number of ether oxygens (including phenoxy) is 4. The predicted octanol–water partition coefficient (Wildman–Crippen LogP) is 3.28. The molecule has 7 heteroatoms. The Labute approximate surface area is 187 Å². The van der Waals surface area contributed by atoms with E-state index in [0.29, 0.717) is 19.8 Å². The van der Waals surface area contributed by atoms with Gasteiger partial charge in [0.1, 0.15) is 25.9 Å². The maximum absolute atomic E-state index is 6.42. The molecule has 1 fully saturated rings. The minimum absolute atomic E-state index is 0.00201. The molecule has 0 N–H and O–H groups in total. The number of para-hydroxylation sites is 1. The summed E-state index contributed by atoms with van der Waals surface area (Å²) in [6, 6.07) is 14.2. The van der Waals surface area contributed by atoms with Crippen molar-refractivity contribution in [2.24, 2.45) is 0 Å². The van der Waals surface area contributed by atoms with E-state index in [0.717, 1.165) is 78.0 Å². The van der Waals surface area contributed by atoms with Crippen LogP contribution in [0, 0.1) is 6.92 Å². The third-order valence-corrected chi connectivity index (χ3v) is 6.35. The van der Waals surface area contributed by atoms with E-state index < -0.39 is 0 Å². The van der Waals surface area contributed by atoms with Crippen molar-refractivity contribution in [2.75, 3.05) is 57.4 Å². The summed E-state index contributed by atoms with van der Waals surface area (Å²) in [5.74, 6) is 3.35. The molecule has 1 saturated heterocycles. The van der Waals surface area contributed by atoms with E-state index in [1.165, 1.54) is 0 Å². The van der Waals surface area contributed by atoms with Crippen molar-refractivity contribution in [3.8, 4) is 23.0 Å². The van der Waals surface area contributed by atoms with Gasteiger partial charge in [-0.3, -0.25) is 9.88 Å². The Bertz CT molecular complexity index is 1140. The monoisotopic (exact) mass is 433 g/mol. The first-order valence-electron chi connectivity index (χ1n) is 11.3. The molecular weight excluding hydrogens is 406 g/mol. The van der Waals surface area contributed by atoms with Crippen LogP contribution in [0.1, 0.15) is 5.69 Å². The molecule has 3 aromatic rings. The van der Waals surface area contributed by atoms with Crippen LogP contribution in [0.4, 0.5) is 5.69 Å². The number of anilines is 1. The molecule has 2 aromatic carbocycles. The van der Waals surface area contributed by atoms with Crippen LogP contribution in [0.3, 0.4) is 0 Å². The van der Waals surface area contributed by atoms with Gasteiger partial charge in [0.05, 0.1) is 11.2 Å². The van der Waals surface area contributed by atoms with Crippen LogP contribution >= 0.6 is 0 Å². The number of nitrogens with zero attached hydrogens (tertiary/aromatic N) is 3. The predicted molar refractivity (Wildman–Crippen MR) is 122 cm³/mol. The number of hydrogen-bond donors (Lipinski definition) is 0. The lowest BCUT2D eigenvalue weighted by atomic mass is 10.1. The molecule has 0 aliphatic carbocycles. The summed E-state index contributed by atoms with van der Waals surface area (Å²) >= 11 is 0. The Morgan fingerprint density at radius 2 is 1.72 bits per heavy atom. The molecule has 1 aromatic heterocycles. The molecule has 166 valence electrons. The highest BCUT2D eigenvalue weighted by atomic mass is 16.6. The largest absolute Gasteiger partial charge is 0.486 e. The fraction of sp³-hybridized carbons (Fsp3) is 0.400. The molecule has 3 aliphatic rings. The van der Waals surface area contributed by atoms with Gasteiger partial charge in [0, 0.05) is 43.8 Å². The van der Waals surface area contributed by atoms with Gasteiger partial charge in [-0.15, -0.1) is 0 Å². The van der Waals surface area contributed by atoms with Crippen LogP contribution in [-0.2, 0) is 0 Å². The van der Waals surface area contributed by atoms with E-state index in [1.807, 2.05) is 37.3 Å². The summed E-state index contributed by atoms with van der Waals surface area (Å²) in [6.07, 6.45) is 0.00201. The van der Waals surface area contributed by atoms with Gasteiger partial charge in [-0.2, -0.15) is 0 Å². The summed E-state index contributed by atoms with van der Waals surface area (Å²) in [5.41, 5.74) is 3.07. The molecule has 0 saturated carbocycles. The molecule has 3 aliphatic heterocycles. The van der Waals surface area contributed by atoms with E-state index in [9.17, 15) is 0 Å². The van der Waals surface area contributed by atoms with E-state index in [-0.39, 0.29) is 6.10 Å². The fourth-order valence-corrected chi connectivity index (χ4v) is 4.73. The van der Waals surface area contributed by atoms with E-state index in [1.54, 1.807) is 0 Å². The van der Waals surface area contributed by atoms with Crippen molar-refractivity contribution < 1.29 is 18.9 Å². The van der Waals surface area contributed by atoms with Crippen LogP contribution in [0.15, 0.2) is 42.5 Å². The van der Waals surface area contributed by atoms with Crippen LogP contribution in [0.5, 0.6) is 23.0 Å². The summed E-state index contributed by atoms with van der Waals surface area (Å²) in [5, 5.41) is 1.01. The highest BCUT2D eigenvalue weighted by molar-refractivity contribution is 5.88. The average molecular weight is 434 g/mol. The van der Waals surface area contributed by atoms with Crippen molar-refractivity contribution in [3.63, 3.8) is 0 Å². The third-order valence-electron chi connectivity index (χ3n) is 6.35. The fourth-order valence-electron chi connectivity index (χ4n) is 4.73. The zero-order chi connectivity index (χ0) is 21.5. The number of fused-ring (bicyclic) bond motifs is 4. The molecule has 0 spiro atoms. The molecule has 0 amide bonds. The molecule has 0 radical (unpaired) electrons. The number of pyridine rings is 1. The van der Waals surface area contributed by atoms with Crippen LogP contribution in [0.25, 0.3) is 10.9 Å². The third kappa shape index (κ3) is 3.56. The van der Waals surface area contributed by atoms with Crippen molar-refractivity contribution in [1.82, 2.24) is 9.88 Å². The van der Waals surface area contributed by atoms with Crippen molar-refractivity contribution in [3.05, 3.63) is 48.2 Å². The SMILES string of the molecule is Cc1ccc2c3c(ccc2n1)OC[C@H](CN1CCN(c2cccc4c2OCCO4)CC1)O3. The average Bonchev–Trinajstić information content (AvgIpc) is 2.84. The van der Waals surface area contributed by atoms with Crippen molar-refractivity contribution in [1.29, 1.82) is 0 Å². The number of aryl methyl sites for hydroxylation is 1. The Hall–Kier alpha value is -3.19. The summed E-state index contributed by atoms with van der Waals surface area (Å²) < 4.78 is 24.1. The first-order chi connectivity index (χ1) is 15.7. The maximum atomic E-state index is 6.42. The maximum Gasteiger partial charge on any atom is 0.184 e. The Morgan fingerprint density at radius 1 is 0.875 bits per heavy atom. The van der Waals surface area contributed by atoms with Crippen molar-refractivity contribution in [2.45, 2.75) is 13.0 Å². The quantitative estimate of drug-likeness (QED) is 0.628. The van der Waals surface area contributed by atoms with Gasteiger partial charge in [-0.1, -0.05) is 6.07 Å². The van der Waals surface area contributed by atoms with E-state index in [2.05, 4.69) is 26.9 Å². The van der Waals surface area contributed by atoms with Gasteiger partial charge in [-0.25, -0.2) is 0 Å². The van der Waals surface area contributed by atoms with Gasteiger partial charge in [-0.05, 0) is 43.3 Å². The van der Waals surface area contributed by atoms with Crippen LogP contribution in [0.2, 0.25) is 0 Å². The Morgan fingerprint density at radius 3 is 2.62 bits per heavy atom. The molecule has 32 heavy (non-hydrogen) atoms. The van der Waals surface area contributed by atoms with E-state index >= 15 is 0 Å². The number of benzene rings is 2. The highest BCUT2D eigenvalue weighted by Gasteiger charge is 2.28. The van der Waals surface area contributed by atoms with Gasteiger partial charge in [0.2, 0.25) is 0 Å². The first-order valence-corrected chi connectivity index (χ1v) is 11.3. The smallest absolute Gasteiger partial charge is 0.184 e. The van der Waals surface area contributed by atoms with Gasteiger partial charge in [0.25, 0.3) is 0 Å². The van der Waals surface area contributed by atoms with Gasteiger partial charge < -0.3 is 23.8 Å². The Balaban J connectivity index is 1.12. The van der Waals surface area contributed by atoms with Crippen LogP contribution < -0.4 is 23.8 Å². The van der Waals surface area contributed by atoms with Crippen LogP contribution in [-0.4, -0.2) is 68.5 Å². The molecule has 0 bridgehead atoms. The standard InChI is InChI=1S/C25H27N3O4/c1-17-5-6-19-20(26-17)7-8-23-24(19)32-18(16-31-23)15-27-9-11-28(12-10-27)21-3-2-4-22-25(21)30-14-13-29-22/h2-8,18H,9-16H2,1H3/t18-/m0/s1. The lowest BCUT2D eigenvalue weighted by Crippen LogP contribution is -2.50.